The summed E-state index contributed by atoms with van der Waals surface area (Å²) in [6, 6.07) is 17.7. The van der Waals surface area contributed by atoms with Gasteiger partial charge < -0.3 is 24.9 Å². The van der Waals surface area contributed by atoms with Crippen molar-refractivity contribution in [3.8, 4) is 0 Å². The van der Waals surface area contributed by atoms with Crippen LogP contribution in [0.5, 0.6) is 0 Å². The average molecular weight is 502 g/mol. The number of nitrogens with zero attached hydrogens (tertiary/aromatic N) is 3. The average Bonchev–Trinajstić information content (AvgIpc) is 3.26. The van der Waals surface area contributed by atoms with Crippen LogP contribution in [0.3, 0.4) is 0 Å². The number of carbonyl (C=O) groups excluding carboxylic acids is 1. The van der Waals surface area contributed by atoms with Crippen molar-refractivity contribution in [2.24, 2.45) is 5.73 Å². The molecule has 2 unspecified atom stereocenters. The summed E-state index contributed by atoms with van der Waals surface area (Å²) in [4.78, 5) is 35.0. The van der Waals surface area contributed by atoms with Gasteiger partial charge in [0.25, 0.3) is 0 Å². The number of amides is 1. The van der Waals surface area contributed by atoms with Gasteiger partial charge in [0.05, 0.1) is 0 Å². The molecule has 0 aliphatic carbocycles. The molecule has 2 aromatic carbocycles. The van der Waals surface area contributed by atoms with Gasteiger partial charge in [0.2, 0.25) is 11.5 Å². The third-order valence-corrected chi connectivity index (χ3v) is 7.28. The smallest absolute Gasteiger partial charge is 0.249 e. The molecular weight excluding hydrogens is 466 g/mol. The zero-order valence-corrected chi connectivity index (χ0v) is 21.4. The first-order chi connectivity index (χ1) is 18.0. The van der Waals surface area contributed by atoms with Gasteiger partial charge in [-0.3, -0.25) is 9.59 Å². The standard InChI is InChI=1S/C29H35N5O3/c1-37-15-5-14-34-28(31-25-11-12-26(35)32-29(25)34)23-8-4-13-33(19-23)27(36)18-24(30)17-20-9-10-21-6-2-3-7-22(21)16-20/h2-3,6-7,9-12,16,23-24H,4-5,8,13-15,17-19,30H2,1H3,(H,32,35). The second kappa shape index (κ2) is 11.3. The molecular formula is C29H35N5O3. The minimum absolute atomic E-state index is 0.0911. The molecule has 8 heteroatoms. The number of hydrogen-bond acceptors (Lipinski definition) is 5. The first-order valence-corrected chi connectivity index (χ1v) is 13.1. The van der Waals surface area contributed by atoms with Crippen molar-refractivity contribution in [2.45, 2.75) is 50.6 Å². The number of aryl methyl sites for hydroxylation is 1. The Bertz CT molecular complexity index is 1440. The number of nitrogens with two attached hydrogens (primary N) is 1. The Hall–Kier alpha value is -3.49. The van der Waals surface area contributed by atoms with E-state index in [1.54, 1.807) is 13.2 Å². The number of rotatable bonds is 9. The Morgan fingerprint density at radius 2 is 2.03 bits per heavy atom. The summed E-state index contributed by atoms with van der Waals surface area (Å²) in [5, 5.41) is 2.39. The van der Waals surface area contributed by atoms with Gasteiger partial charge in [-0.1, -0.05) is 42.5 Å². The summed E-state index contributed by atoms with van der Waals surface area (Å²) in [7, 11) is 1.68. The number of carbonyl (C=O) groups is 1. The molecule has 194 valence electrons. The topological polar surface area (TPSA) is 106 Å². The first-order valence-electron chi connectivity index (χ1n) is 13.1. The monoisotopic (exact) mass is 501 g/mol. The van der Waals surface area contributed by atoms with E-state index in [0.29, 0.717) is 32.5 Å². The molecule has 1 saturated heterocycles. The quantitative estimate of drug-likeness (QED) is 0.341. The van der Waals surface area contributed by atoms with Gasteiger partial charge in [0.15, 0.2) is 0 Å². The Labute approximate surface area is 216 Å². The van der Waals surface area contributed by atoms with Gasteiger partial charge in [-0.15, -0.1) is 0 Å². The summed E-state index contributed by atoms with van der Waals surface area (Å²) < 4.78 is 7.34. The molecule has 5 rings (SSSR count). The summed E-state index contributed by atoms with van der Waals surface area (Å²) >= 11 is 0. The highest BCUT2D eigenvalue weighted by Gasteiger charge is 2.29. The van der Waals surface area contributed by atoms with E-state index in [1.165, 1.54) is 16.8 Å². The molecule has 37 heavy (non-hydrogen) atoms. The number of piperidine rings is 1. The van der Waals surface area contributed by atoms with Crippen molar-refractivity contribution >= 4 is 27.8 Å². The van der Waals surface area contributed by atoms with Gasteiger partial charge in [-0.05, 0) is 48.1 Å². The number of aromatic nitrogens is 3. The van der Waals surface area contributed by atoms with E-state index in [-0.39, 0.29) is 23.4 Å². The summed E-state index contributed by atoms with van der Waals surface area (Å²) in [5.41, 5.74) is 8.96. The van der Waals surface area contributed by atoms with Crippen LogP contribution in [0.15, 0.2) is 59.4 Å². The molecule has 0 bridgehead atoms. The summed E-state index contributed by atoms with van der Waals surface area (Å²) in [6.07, 6.45) is 3.65. The summed E-state index contributed by atoms with van der Waals surface area (Å²) in [6.45, 7) is 2.67. The third-order valence-electron chi connectivity index (χ3n) is 7.28. The molecule has 3 heterocycles. The van der Waals surface area contributed by atoms with Crippen LogP contribution >= 0.6 is 0 Å². The number of fused-ring (bicyclic) bond motifs is 2. The van der Waals surface area contributed by atoms with Crippen LogP contribution in [0.4, 0.5) is 0 Å². The molecule has 1 aliphatic heterocycles. The van der Waals surface area contributed by atoms with Crippen LogP contribution in [0.25, 0.3) is 21.9 Å². The number of ether oxygens (including phenoxy) is 1. The predicted molar refractivity (Wildman–Crippen MR) is 146 cm³/mol. The SMILES string of the molecule is COCCCn1c(C2CCCN(C(=O)CC(N)Cc3ccc4ccccc4c3)C2)nc2ccc(=O)[nH]c21. The number of aromatic amines is 1. The fourth-order valence-electron chi connectivity index (χ4n) is 5.46. The van der Waals surface area contributed by atoms with E-state index in [1.807, 2.05) is 17.0 Å². The molecule has 1 aliphatic rings. The second-order valence-corrected chi connectivity index (χ2v) is 10.1. The lowest BCUT2D eigenvalue weighted by Crippen LogP contribution is -2.42. The van der Waals surface area contributed by atoms with E-state index in [2.05, 4.69) is 39.9 Å². The molecule has 0 saturated carbocycles. The molecule has 4 aromatic rings. The number of methoxy groups -OCH3 is 1. The van der Waals surface area contributed by atoms with Gasteiger partial charge >= 0.3 is 0 Å². The van der Waals surface area contributed by atoms with E-state index < -0.39 is 0 Å². The van der Waals surface area contributed by atoms with Crippen LogP contribution in [0.1, 0.15) is 43.0 Å². The number of likely N-dealkylation sites (tertiary alicyclic amines) is 1. The number of benzene rings is 2. The Balaban J connectivity index is 1.27. The van der Waals surface area contributed by atoms with Crippen LogP contribution in [-0.2, 0) is 22.5 Å². The van der Waals surface area contributed by atoms with Crippen LogP contribution < -0.4 is 11.3 Å². The van der Waals surface area contributed by atoms with Crippen LogP contribution in [0, 0.1) is 0 Å². The van der Waals surface area contributed by atoms with Crippen molar-refractivity contribution in [3.05, 3.63) is 76.3 Å². The van der Waals surface area contributed by atoms with Gasteiger partial charge in [-0.2, -0.15) is 0 Å². The van der Waals surface area contributed by atoms with Crippen molar-refractivity contribution in [2.75, 3.05) is 26.8 Å². The number of nitrogens with one attached hydrogen (secondary N) is 1. The maximum Gasteiger partial charge on any atom is 0.249 e. The van der Waals surface area contributed by atoms with Crippen molar-refractivity contribution in [3.63, 3.8) is 0 Å². The van der Waals surface area contributed by atoms with Gasteiger partial charge in [0, 0.05) is 57.8 Å². The van der Waals surface area contributed by atoms with Crippen molar-refractivity contribution in [1.82, 2.24) is 19.4 Å². The van der Waals surface area contributed by atoms with E-state index in [9.17, 15) is 9.59 Å². The molecule has 8 nitrogen and oxygen atoms in total. The largest absolute Gasteiger partial charge is 0.385 e. The van der Waals surface area contributed by atoms with Gasteiger partial charge in [-0.25, -0.2) is 4.98 Å². The lowest BCUT2D eigenvalue weighted by molar-refractivity contribution is -0.132. The van der Waals surface area contributed by atoms with Crippen molar-refractivity contribution in [1.29, 1.82) is 0 Å². The fraction of sp³-hybridized carbons (Fsp3) is 0.414. The molecule has 0 spiro atoms. The van der Waals surface area contributed by atoms with E-state index >= 15 is 0 Å². The van der Waals surface area contributed by atoms with E-state index in [4.69, 9.17) is 15.5 Å². The Kier molecular flexibility index (Phi) is 7.67. The van der Waals surface area contributed by atoms with Crippen LogP contribution in [-0.4, -0.2) is 58.2 Å². The highest BCUT2D eigenvalue weighted by atomic mass is 16.5. The zero-order valence-electron chi connectivity index (χ0n) is 21.4. The third kappa shape index (κ3) is 5.76. The molecule has 3 N–H and O–H groups in total. The fourth-order valence-corrected chi connectivity index (χ4v) is 5.46. The van der Waals surface area contributed by atoms with Crippen molar-refractivity contribution < 1.29 is 9.53 Å². The zero-order chi connectivity index (χ0) is 25.8. The maximum atomic E-state index is 13.3. The normalized spacial score (nSPS) is 16.9. The molecule has 2 atom stereocenters. The Morgan fingerprint density at radius 1 is 1.19 bits per heavy atom. The number of pyridine rings is 1. The lowest BCUT2D eigenvalue weighted by Gasteiger charge is -2.33. The van der Waals surface area contributed by atoms with Crippen LogP contribution in [0.2, 0.25) is 0 Å². The minimum atomic E-state index is -0.238. The summed E-state index contributed by atoms with van der Waals surface area (Å²) in [5.74, 6) is 1.12. The van der Waals surface area contributed by atoms with Gasteiger partial charge in [0.1, 0.15) is 17.0 Å². The molecule has 1 fully saturated rings. The predicted octanol–water partition coefficient (Wildman–Crippen LogP) is 3.58. The molecule has 0 radical (unpaired) electrons. The minimum Gasteiger partial charge on any atom is -0.385 e. The maximum absolute atomic E-state index is 13.3. The molecule has 2 aromatic heterocycles. The second-order valence-electron chi connectivity index (χ2n) is 10.1. The highest BCUT2D eigenvalue weighted by molar-refractivity contribution is 5.83. The number of hydrogen-bond donors (Lipinski definition) is 2. The number of H-pyrrole nitrogens is 1. The molecule has 1 amide bonds. The lowest BCUT2D eigenvalue weighted by atomic mass is 9.95. The Morgan fingerprint density at radius 3 is 2.86 bits per heavy atom. The van der Waals surface area contributed by atoms with E-state index in [0.717, 1.165) is 48.4 Å². The number of imidazole rings is 1. The highest BCUT2D eigenvalue weighted by Crippen LogP contribution is 2.29. The first kappa shape index (κ1) is 25.2.